The molecule has 0 aliphatic heterocycles. The second-order valence-corrected chi connectivity index (χ2v) is 8.26. The highest BCUT2D eigenvalue weighted by molar-refractivity contribution is 7.98. The van der Waals surface area contributed by atoms with Crippen molar-refractivity contribution < 1.29 is 4.39 Å². The van der Waals surface area contributed by atoms with Gasteiger partial charge in [0.2, 0.25) is 0 Å². The first-order valence-corrected chi connectivity index (χ1v) is 10.9. The first-order chi connectivity index (χ1) is 15.5. The van der Waals surface area contributed by atoms with Crippen LogP contribution < -0.4 is 11.1 Å². The molecule has 0 amide bonds. The average Bonchev–Trinajstić information content (AvgIpc) is 2.79. The predicted octanol–water partition coefficient (Wildman–Crippen LogP) is 4.13. The normalized spacial score (nSPS) is 11.3. The van der Waals surface area contributed by atoms with Gasteiger partial charge in [-0.15, -0.1) is 0 Å². The van der Waals surface area contributed by atoms with E-state index in [0.29, 0.717) is 33.2 Å². The van der Waals surface area contributed by atoms with Crippen LogP contribution in [0.5, 0.6) is 0 Å². The zero-order chi connectivity index (χ0) is 22.2. The summed E-state index contributed by atoms with van der Waals surface area (Å²) in [5.74, 6) is -0.232. The fourth-order valence-corrected chi connectivity index (χ4v) is 4.42. The number of rotatable bonds is 4. The molecular weight excluding hydrogens is 427 g/mol. The second-order valence-electron chi connectivity index (χ2n) is 7.31. The van der Waals surface area contributed by atoms with E-state index in [1.54, 1.807) is 54.7 Å². The van der Waals surface area contributed by atoms with Crippen LogP contribution in [0.2, 0.25) is 0 Å². The fraction of sp³-hybridized carbons (Fsp3) is 0.0833. The van der Waals surface area contributed by atoms with Crippen LogP contribution in [0, 0.1) is 12.7 Å². The maximum Gasteiger partial charge on any atom is 0.266 e. The highest BCUT2D eigenvalue weighted by Gasteiger charge is 2.16. The summed E-state index contributed by atoms with van der Waals surface area (Å²) in [5, 5.41) is 0.724. The summed E-state index contributed by atoms with van der Waals surface area (Å²) in [6.45, 7) is 1.91. The van der Waals surface area contributed by atoms with Crippen LogP contribution in [0.25, 0.3) is 22.2 Å². The molecule has 0 aliphatic rings. The van der Waals surface area contributed by atoms with E-state index >= 15 is 0 Å². The van der Waals surface area contributed by atoms with Gasteiger partial charge in [0.1, 0.15) is 11.5 Å². The molecule has 3 heterocycles. The molecular formula is C24H17FN4O2S. The lowest BCUT2D eigenvalue weighted by molar-refractivity contribution is 0.608. The number of aryl methyl sites for hydroxylation is 1. The number of thioether (sulfide) groups is 1. The van der Waals surface area contributed by atoms with E-state index in [1.807, 2.05) is 13.0 Å². The Morgan fingerprint density at radius 1 is 0.969 bits per heavy atom. The van der Waals surface area contributed by atoms with Crippen molar-refractivity contribution in [3.63, 3.8) is 0 Å². The summed E-state index contributed by atoms with van der Waals surface area (Å²) in [7, 11) is 0. The lowest BCUT2D eigenvalue weighted by Gasteiger charge is -2.14. The van der Waals surface area contributed by atoms with E-state index in [9.17, 15) is 14.0 Å². The zero-order valence-electron chi connectivity index (χ0n) is 17.0. The van der Waals surface area contributed by atoms with Gasteiger partial charge in [-0.1, -0.05) is 42.1 Å². The largest absolute Gasteiger partial charge is 0.269 e. The molecule has 0 N–H and O–H groups in total. The van der Waals surface area contributed by atoms with Crippen LogP contribution >= 0.6 is 11.8 Å². The third kappa shape index (κ3) is 3.58. The molecule has 0 unspecified atom stereocenters. The van der Waals surface area contributed by atoms with E-state index in [1.165, 1.54) is 32.9 Å². The number of pyridine rings is 1. The Labute approximate surface area is 186 Å². The second kappa shape index (κ2) is 8.05. The summed E-state index contributed by atoms with van der Waals surface area (Å²) >= 11 is 1.23. The molecule has 0 radical (unpaired) electrons. The van der Waals surface area contributed by atoms with Crippen molar-refractivity contribution in [3.05, 3.63) is 111 Å². The van der Waals surface area contributed by atoms with Crippen molar-refractivity contribution in [1.29, 1.82) is 0 Å². The predicted molar refractivity (Wildman–Crippen MR) is 123 cm³/mol. The van der Waals surface area contributed by atoms with Gasteiger partial charge in [-0.25, -0.2) is 14.4 Å². The van der Waals surface area contributed by atoms with Gasteiger partial charge in [-0.3, -0.25) is 18.6 Å². The Bertz CT molecular complexity index is 1610. The molecule has 6 nitrogen and oxygen atoms in total. The quantitative estimate of drug-likeness (QED) is 0.308. The molecule has 0 fully saturated rings. The number of hydrogen-bond donors (Lipinski definition) is 0. The summed E-state index contributed by atoms with van der Waals surface area (Å²) in [5.41, 5.74) is 2.15. The number of hydrogen-bond acceptors (Lipinski definition) is 5. The number of halogens is 1. The van der Waals surface area contributed by atoms with Gasteiger partial charge < -0.3 is 0 Å². The van der Waals surface area contributed by atoms with Crippen LogP contribution in [0.15, 0.2) is 87.7 Å². The minimum absolute atomic E-state index is 0.125. The van der Waals surface area contributed by atoms with Gasteiger partial charge in [-0.05, 0) is 42.8 Å². The van der Waals surface area contributed by atoms with E-state index in [4.69, 9.17) is 0 Å². The first-order valence-electron chi connectivity index (χ1n) is 9.90. The number of fused-ring (bicyclic) bond motifs is 2. The van der Waals surface area contributed by atoms with Gasteiger partial charge >= 0.3 is 0 Å². The van der Waals surface area contributed by atoms with Crippen LogP contribution in [0.4, 0.5) is 4.39 Å². The summed E-state index contributed by atoms with van der Waals surface area (Å²) in [4.78, 5) is 34.9. The molecule has 2 aromatic carbocycles. The molecule has 0 spiro atoms. The number of aromatic nitrogens is 4. The minimum Gasteiger partial charge on any atom is -0.269 e. The van der Waals surface area contributed by atoms with Crippen molar-refractivity contribution in [3.8, 4) is 5.69 Å². The molecule has 5 aromatic rings. The fourth-order valence-electron chi connectivity index (χ4n) is 3.53. The molecule has 0 aliphatic carbocycles. The summed E-state index contributed by atoms with van der Waals surface area (Å²) in [6, 6.07) is 18.2. The van der Waals surface area contributed by atoms with Gasteiger partial charge in [0.25, 0.3) is 11.1 Å². The lowest BCUT2D eigenvalue weighted by Crippen LogP contribution is -2.22. The molecule has 158 valence electrons. The molecule has 0 atom stereocenters. The van der Waals surface area contributed by atoms with Crippen molar-refractivity contribution in [2.75, 3.05) is 0 Å². The van der Waals surface area contributed by atoms with Gasteiger partial charge in [-0.2, -0.15) is 0 Å². The maximum absolute atomic E-state index is 14.6. The molecule has 5 rings (SSSR count). The molecule has 0 bridgehead atoms. The number of nitrogens with zero attached hydrogens (tertiary/aromatic N) is 4. The van der Waals surface area contributed by atoms with E-state index < -0.39 is 5.82 Å². The molecule has 3 aromatic heterocycles. The Morgan fingerprint density at radius 3 is 2.59 bits per heavy atom. The number of benzene rings is 2. The number of para-hydroxylation sites is 2. The molecule has 32 heavy (non-hydrogen) atoms. The van der Waals surface area contributed by atoms with Gasteiger partial charge in [0.05, 0.1) is 22.3 Å². The molecule has 8 heteroatoms. The molecule has 0 saturated heterocycles. The smallest absolute Gasteiger partial charge is 0.266 e. The highest BCUT2D eigenvalue weighted by atomic mass is 32.2. The maximum atomic E-state index is 14.6. The lowest BCUT2D eigenvalue weighted by atomic mass is 10.2. The first kappa shape index (κ1) is 20.1. The van der Waals surface area contributed by atoms with Crippen LogP contribution in [0.1, 0.15) is 11.3 Å². The van der Waals surface area contributed by atoms with E-state index in [0.717, 1.165) is 5.56 Å². The molecule has 0 saturated carbocycles. The van der Waals surface area contributed by atoms with Crippen molar-refractivity contribution in [2.45, 2.75) is 17.8 Å². The average molecular weight is 444 g/mol. The Morgan fingerprint density at radius 2 is 1.75 bits per heavy atom. The summed E-state index contributed by atoms with van der Waals surface area (Å²) < 4.78 is 17.4. The SMILES string of the molecule is Cc1ccc2nc(CSc3nc4ccccc4c(=O)n3-c3ccccc3F)cc(=O)n2c1. The van der Waals surface area contributed by atoms with Crippen molar-refractivity contribution in [2.24, 2.45) is 0 Å². The zero-order valence-corrected chi connectivity index (χ0v) is 17.8. The Kier molecular flexibility index (Phi) is 5.07. The van der Waals surface area contributed by atoms with Gasteiger partial charge in [0, 0.05) is 18.0 Å². The van der Waals surface area contributed by atoms with Crippen LogP contribution in [-0.4, -0.2) is 18.9 Å². The van der Waals surface area contributed by atoms with Crippen molar-refractivity contribution >= 4 is 28.3 Å². The third-order valence-electron chi connectivity index (χ3n) is 5.05. The Balaban J connectivity index is 1.61. The monoisotopic (exact) mass is 444 g/mol. The van der Waals surface area contributed by atoms with Crippen molar-refractivity contribution in [1.82, 2.24) is 18.9 Å². The third-order valence-corrected chi connectivity index (χ3v) is 6.02. The van der Waals surface area contributed by atoms with E-state index in [-0.39, 0.29) is 16.8 Å². The van der Waals surface area contributed by atoms with Crippen LogP contribution in [0.3, 0.4) is 0 Å². The topological polar surface area (TPSA) is 69.3 Å². The minimum atomic E-state index is -0.522. The summed E-state index contributed by atoms with van der Waals surface area (Å²) in [6.07, 6.45) is 1.74. The van der Waals surface area contributed by atoms with Crippen LogP contribution in [-0.2, 0) is 5.75 Å². The Hall–Kier alpha value is -3.78. The standard InChI is InChI=1S/C24H17FN4O2S/c1-15-10-11-21-26-16(12-22(30)28(21)13-15)14-32-24-27-19-8-4-2-6-17(19)23(31)29(24)20-9-5-3-7-18(20)25/h2-13H,14H2,1H3. The van der Waals surface area contributed by atoms with E-state index in [2.05, 4.69) is 9.97 Å². The highest BCUT2D eigenvalue weighted by Crippen LogP contribution is 2.25. The van der Waals surface area contributed by atoms with Gasteiger partial charge in [0.15, 0.2) is 5.16 Å².